The SMILES string of the molecule is Cc1ncc(S(=O)(=O)NC2(C(=N)N)CCC(C)CC2)[nH]1. The molecule has 1 heterocycles. The Morgan fingerprint density at radius 1 is 1.55 bits per heavy atom. The van der Waals surface area contributed by atoms with Gasteiger partial charge < -0.3 is 10.7 Å². The number of aryl methyl sites for hydroxylation is 1. The van der Waals surface area contributed by atoms with Crippen LogP contribution in [0.1, 0.15) is 38.4 Å². The number of rotatable bonds is 4. The van der Waals surface area contributed by atoms with Gasteiger partial charge in [0.25, 0.3) is 10.0 Å². The molecule has 0 atom stereocenters. The van der Waals surface area contributed by atoms with Gasteiger partial charge in [-0.3, -0.25) is 5.41 Å². The lowest BCUT2D eigenvalue weighted by atomic mass is 9.77. The molecule has 1 aliphatic rings. The average Bonchev–Trinajstić information content (AvgIpc) is 2.79. The monoisotopic (exact) mass is 299 g/mol. The molecule has 20 heavy (non-hydrogen) atoms. The Kier molecular flexibility index (Phi) is 3.88. The standard InChI is InChI=1S/C12H21N5O2S/c1-8-3-5-12(6-4-8,11(13)14)17-20(18,19)10-7-15-9(2)16-10/h7-8,17H,3-6H2,1-2H3,(H3,13,14)(H,15,16). The van der Waals surface area contributed by atoms with E-state index < -0.39 is 15.6 Å². The second kappa shape index (κ2) is 5.17. The molecule has 1 fully saturated rings. The largest absolute Gasteiger partial charge is 0.386 e. The number of sulfonamides is 1. The van der Waals surface area contributed by atoms with Crippen molar-refractivity contribution in [3.05, 3.63) is 12.0 Å². The van der Waals surface area contributed by atoms with E-state index in [1.165, 1.54) is 6.20 Å². The predicted molar refractivity (Wildman–Crippen MR) is 75.9 cm³/mol. The van der Waals surface area contributed by atoms with E-state index >= 15 is 0 Å². The third-order valence-electron chi connectivity index (χ3n) is 3.94. The number of amidine groups is 1. The molecule has 112 valence electrons. The highest BCUT2D eigenvalue weighted by Crippen LogP contribution is 2.33. The predicted octanol–water partition coefficient (Wildman–Crippen LogP) is 0.881. The van der Waals surface area contributed by atoms with Crippen LogP contribution in [0.4, 0.5) is 0 Å². The van der Waals surface area contributed by atoms with E-state index in [4.69, 9.17) is 11.1 Å². The number of aromatic nitrogens is 2. The maximum atomic E-state index is 12.4. The van der Waals surface area contributed by atoms with Crippen molar-refractivity contribution in [2.45, 2.75) is 50.1 Å². The van der Waals surface area contributed by atoms with E-state index in [1.54, 1.807) is 6.92 Å². The molecular formula is C12H21N5O2S. The smallest absolute Gasteiger partial charge is 0.258 e. The number of hydrogen-bond donors (Lipinski definition) is 4. The molecule has 0 aromatic carbocycles. The molecule has 0 amide bonds. The van der Waals surface area contributed by atoms with E-state index in [-0.39, 0.29) is 10.9 Å². The van der Waals surface area contributed by atoms with Gasteiger partial charge in [-0.1, -0.05) is 6.92 Å². The second-order valence-electron chi connectivity index (χ2n) is 5.62. The number of imidazole rings is 1. The van der Waals surface area contributed by atoms with Gasteiger partial charge in [0.2, 0.25) is 0 Å². The summed E-state index contributed by atoms with van der Waals surface area (Å²) in [4.78, 5) is 6.59. The first-order chi connectivity index (χ1) is 9.25. The molecule has 0 unspecified atom stereocenters. The quantitative estimate of drug-likeness (QED) is 0.486. The number of nitrogens with two attached hydrogens (primary N) is 1. The Labute approximate surface area is 118 Å². The molecule has 0 radical (unpaired) electrons. The van der Waals surface area contributed by atoms with E-state index in [0.717, 1.165) is 12.8 Å². The minimum Gasteiger partial charge on any atom is -0.386 e. The van der Waals surface area contributed by atoms with Crippen LogP contribution in [0.25, 0.3) is 0 Å². The maximum Gasteiger partial charge on any atom is 0.258 e. The molecule has 0 bridgehead atoms. The summed E-state index contributed by atoms with van der Waals surface area (Å²) in [7, 11) is -3.75. The molecule has 1 saturated carbocycles. The minimum absolute atomic E-state index is 0.00856. The van der Waals surface area contributed by atoms with Gasteiger partial charge in [-0.2, -0.15) is 4.72 Å². The fourth-order valence-electron chi connectivity index (χ4n) is 2.53. The van der Waals surface area contributed by atoms with Crippen LogP contribution in [-0.4, -0.2) is 29.8 Å². The van der Waals surface area contributed by atoms with Crippen LogP contribution in [0.3, 0.4) is 0 Å². The van der Waals surface area contributed by atoms with Crippen molar-refractivity contribution in [3.8, 4) is 0 Å². The lowest BCUT2D eigenvalue weighted by molar-refractivity contribution is 0.285. The third-order valence-corrected chi connectivity index (χ3v) is 5.39. The first-order valence-corrected chi connectivity index (χ1v) is 8.13. The number of nitrogens with one attached hydrogen (secondary N) is 3. The second-order valence-corrected chi connectivity index (χ2v) is 7.27. The van der Waals surface area contributed by atoms with Crippen molar-refractivity contribution in [2.24, 2.45) is 11.7 Å². The van der Waals surface area contributed by atoms with Crippen LogP contribution in [0, 0.1) is 18.3 Å². The first kappa shape index (κ1) is 15.0. The molecule has 2 rings (SSSR count). The fraction of sp³-hybridized carbons (Fsp3) is 0.667. The molecular weight excluding hydrogens is 278 g/mol. The van der Waals surface area contributed by atoms with Gasteiger partial charge in [0.1, 0.15) is 11.7 Å². The van der Waals surface area contributed by atoms with Crippen LogP contribution in [-0.2, 0) is 10.0 Å². The van der Waals surface area contributed by atoms with E-state index in [0.29, 0.717) is 24.6 Å². The van der Waals surface area contributed by atoms with Gasteiger partial charge in [-0.15, -0.1) is 0 Å². The zero-order valence-corrected chi connectivity index (χ0v) is 12.5. The molecule has 0 spiro atoms. The molecule has 8 heteroatoms. The minimum atomic E-state index is -3.75. The van der Waals surface area contributed by atoms with Crippen LogP contribution in [0.15, 0.2) is 11.2 Å². The number of hydrogen-bond acceptors (Lipinski definition) is 4. The Morgan fingerprint density at radius 3 is 2.60 bits per heavy atom. The van der Waals surface area contributed by atoms with Gasteiger partial charge in [-0.05, 0) is 38.5 Å². The van der Waals surface area contributed by atoms with Crippen molar-refractivity contribution in [1.29, 1.82) is 5.41 Å². The Balaban J connectivity index is 2.27. The number of aromatic amines is 1. The zero-order chi connectivity index (χ0) is 15.0. The fourth-order valence-corrected chi connectivity index (χ4v) is 3.94. The summed E-state index contributed by atoms with van der Waals surface area (Å²) in [6, 6.07) is 0. The summed E-state index contributed by atoms with van der Waals surface area (Å²) in [6.45, 7) is 3.80. The van der Waals surface area contributed by atoms with Gasteiger partial charge in [-0.25, -0.2) is 13.4 Å². The molecule has 5 N–H and O–H groups in total. The van der Waals surface area contributed by atoms with E-state index in [1.807, 2.05) is 0 Å². The van der Waals surface area contributed by atoms with Gasteiger partial charge >= 0.3 is 0 Å². The molecule has 7 nitrogen and oxygen atoms in total. The van der Waals surface area contributed by atoms with Crippen LogP contribution < -0.4 is 10.5 Å². The highest BCUT2D eigenvalue weighted by atomic mass is 32.2. The molecule has 0 aliphatic heterocycles. The zero-order valence-electron chi connectivity index (χ0n) is 11.7. The number of H-pyrrole nitrogens is 1. The van der Waals surface area contributed by atoms with Gasteiger partial charge in [0.05, 0.1) is 11.7 Å². The Morgan fingerprint density at radius 2 is 2.15 bits per heavy atom. The van der Waals surface area contributed by atoms with Gasteiger partial charge in [0.15, 0.2) is 5.03 Å². The third kappa shape index (κ3) is 2.85. The first-order valence-electron chi connectivity index (χ1n) is 6.65. The lowest BCUT2D eigenvalue weighted by Gasteiger charge is -2.38. The molecule has 1 aromatic rings. The summed E-state index contributed by atoms with van der Waals surface area (Å²) in [5, 5.41) is 7.78. The topological polar surface area (TPSA) is 125 Å². The van der Waals surface area contributed by atoms with Crippen LogP contribution >= 0.6 is 0 Å². The van der Waals surface area contributed by atoms with Gasteiger partial charge in [0, 0.05) is 0 Å². The van der Waals surface area contributed by atoms with E-state index in [2.05, 4.69) is 21.6 Å². The highest BCUT2D eigenvalue weighted by molar-refractivity contribution is 7.89. The molecule has 0 saturated heterocycles. The highest BCUT2D eigenvalue weighted by Gasteiger charge is 2.41. The van der Waals surface area contributed by atoms with Crippen molar-refractivity contribution in [1.82, 2.24) is 14.7 Å². The van der Waals surface area contributed by atoms with Crippen molar-refractivity contribution < 1.29 is 8.42 Å². The number of nitrogens with zero attached hydrogens (tertiary/aromatic N) is 1. The summed E-state index contributed by atoms with van der Waals surface area (Å²) in [5.41, 5.74) is 4.70. The molecule has 1 aromatic heterocycles. The average molecular weight is 299 g/mol. The normalized spacial score (nSPS) is 27.4. The summed E-state index contributed by atoms with van der Waals surface area (Å²) >= 11 is 0. The Bertz CT molecular complexity index is 599. The van der Waals surface area contributed by atoms with E-state index in [9.17, 15) is 8.42 Å². The molecule has 1 aliphatic carbocycles. The summed E-state index contributed by atoms with van der Waals surface area (Å²) in [5.74, 6) is 0.935. The van der Waals surface area contributed by atoms with Crippen LogP contribution in [0.2, 0.25) is 0 Å². The summed E-state index contributed by atoms with van der Waals surface area (Å²) in [6.07, 6.45) is 4.08. The summed E-state index contributed by atoms with van der Waals surface area (Å²) < 4.78 is 27.4. The van der Waals surface area contributed by atoms with Crippen molar-refractivity contribution >= 4 is 15.9 Å². The van der Waals surface area contributed by atoms with Crippen molar-refractivity contribution in [2.75, 3.05) is 0 Å². The maximum absolute atomic E-state index is 12.4. The van der Waals surface area contributed by atoms with Crippen LogP contribution in [0.5, 0.6) is 0 Å². The lowest BCUT2D eigenvalue weighted by Crippen LogP contribution is -2.58. The Hall–Kier alpha value is -1.41. The van der Waals surface area contributed by atoms with Crippen molar-refractivity contribution in [3.63, 3.8) is 0 Å².